The zero-order chi connectivity index (χ0) is 11.5. The van der Waals surface area contributed by atoms with E-state index in [9.17, 15) is 4.79 Å². The van der Waals surface area contributed by atoms with Crippen LogP contribution in [-0.2, 0) is 9.53 Å². The number of ether oxygens (including phenoxy) is 1. The first-order chi connectivity index (χ1) is 6.92. The van der Waals surface area contributed by atoms with Crippen molar-refractivity contribution in [3.8, 4) is 0 Å². The molecule has 3 nitrogen and oxygen atoms in total. The van der Waals surface area contributed by atoms with E-state index < -0.39 is 0 Å². The zero-order valence-electron chi connectivity index (χ0n) is 10.1. The highest BCUT2D eigenvalue weighted by molar-refractivity contribution is 5.70. The second-order valence-electron chi connectivity index (χ2n) is 5.48. The molecule has 0 aromatic heterocycles. The topological polar surface area (TPSA) is 52.3 Å². The van der Waals surface area contributed by atoms with Crippen LogP contribution in [-0.4, -0.2) is 18.1 Å². The second-order valence-corrected chi connectivity index (χ2v) is 5.48. The molecule has 0 heterocycles. The van der Waals surface area contributed by atoms with Crippen LogP contribution in [0.1, 0.15) is 46.5 Å². The Balaban J connectivity index is 2.37. The van der Waals surface area contributed by atoms with Gasteiger partial charge in [-0.05, 0) is 52.0 Å². The van der Waals surface area contributed by atoms with E-state index in [1.807, 2.05) is 20.8 Å². The van der Waals surface area contributed by atoms with E-state index in [0.717, 1.165) is 6.42 Å². The van der Waals surface area contributed by atoms with Gasteiger partial charge in [0.1, 0.15) is 5.60 Å². The predicted molar refractivity (Wildman–Crippen MR) is 60.3 cm³/mol. The summed E-state index contributed by atoms with van der Waals surface area (Å²) >= 11 is 0. The van der Waals surface area contributed by atoms with Crippen LogP contribution in [0.3, 0.4) is 0 Å². The molecular weight excluding hydrogens is 190 g/mol. The highest BCUT2D eigenvalue weighted by Gasteiger charge is 2.29. The van der Waals surface area contributed by atoms with Crippen LogP contribution >= 0.6 is 0 Å². The van der Waals surface area contributed by atoms with E-state index in [4.69, 9.17) is 10.5 Å². The summed E-state index contributed by atoms with van der Waals surface area (Å²) in [5.74, 6) is 0.898. The number of hydrogen-bond donors (Lipinski definition) is 1. The van der Waals surface area contributed by atoms with Gasteiger partial charge >= 0.3 is 5.97 Å². The summed E-state index contributed by atoms with van der Waals surface area (Å²) in [6.45, 7) is 6.41. The lowest BCUT2D eigenvalue weighted by molar-refractivity contribution is -0.156. The molecule has 0 radical (unpaired) electrons. The fraction of sp³-hybridized carbons (Fsp3) is 0.917. The van der Waals surface area contributed by atoms with Gasteiger partial charge in [0.15, 0.2) is 0 Å². The Kier molecular flexibility index (Phi) is 4.14. The van der Waals surface area contributed by atoms with Gasteiger partial charge in [0, 0.05) is 6.42 Å². The molecule has 2 unspecified atom stereocenters. The van der Waals surface area contributed by atoms with E-state index in [1.165, 1.54) is 12.8 Å². The maximum atomic E-state index is 11.6. The van der Waals surface area contributed by atoms with Gasteiger partial charge in [0.05, 0.1) is 0 Å². The smallest absolute Gasteiger partial charge is 0.306 e. The lowest BCUT2D eigenvalue weighted by Crippen LogP contribution is -2.27. The van der Waals surface area contributed by atoms with Crippen molar-refractivity contribution < 1.29 is 9.53 Å². The molecule has 0 spiro atoms. The predicted octanol–water partition coefficient (Wildman–Crippen LogP) is 2.09. The van der Waals surface area contributed by atoms with Gasteiger partial charge in [-0.2, -0.15) is 0 Å². The molecule has 3 heteroatoms. The van der Waals surface area contributed by atoms with Crippen molar-refractivity contribution in [1.82, 2.24) is 0 Å². The lowest BCUT2D eigenvalue weighted by atomic mass is 9.93. The summed E-state index contributed by atoms with van der Waals surface area (Å²) in [5, 5.41) is 0. The van der Waals surface area contributed by atoms with Crippen LogP contribution in [0.25, 0.3) is 0 Å². The van der Waals surface area contributed by atoms with Crippen molar-refractivity contribution in [2.75, 3.05) is 6.54 Å². The maximum absolute atomic E-state index is 11.6. The van der Waals surface area contributed by atoms with E-state index in [2.05, 4.69) is 0 Å². The molecule has 0 aromatic rings. The van der Waals surface area contributed by atoms with Crippen LogP contribution in [0.4, 0.5) is 0 Å². The van der Waals surface area contributed by atoms with Crippen molar-refractivity contribution >= 4 is 5.97 Å². The fourth-order valence-electron chi connectivity index (χ4n) is 2.29. The normalized spacial score (nSPS) is 26.7. The van der Waals surface area contributed by atoms with E-state index in [1.54, 1.807) is 0 Å². The quantitative estimate of drug-likeness (QED) is 0.730. The molecule has 1 aliphatic carbocycles. The summed E-state index contributed by atoms with van der Waals surface area (Å²) in [7, 11) is 0. The number of esters is 1. The SMILES string of the molecule is CC(C)(C)OC(=O)CC1CCCC1CN. The minimum absolute atomic E-state index is 0.0761. The molecule has 15 heavy (non-hydrogen) atoms. The number of rotatable bonds is 3. The lowest BCUT2D eigenvalue weighted by Gasteiger charge is -2.22. The Hall–Kier alpha value is -0.570. The summed E-state index contributed by atoms with van der Waals surface area (Å²) in [5.41, 5.74) is 5.31. The monoisotopic (exact) mass is 213 g/mol. The second kappa shape index (κ2) is 4.97. The Labute approximate surface area is 92.4 Å². The molecule has 0 aromatic carbocycles. The highest BCUT2D eigenvalue weighted by atomic mass is 16.6. The van der Waals surface area contributed by atoms with E-state index in [-0.39, 0.29) is 11.6 Å². The van der Waals surface area contributed by atoms with Crippen LogP contribution in [0, 0.1) is 11.8 Å². The molecule has 0 aliphatic heterocycles. The average Bonchev–Trinajstić information content (AvgIpc) is 2.48. The third kappa shape index (κ3) is 4.20. The van der Waals surface area contributed by atoms with Crippen molar-refractivity contribution in [3.63, 3.8) is 0 Å². The Bertz CT molecular complexity index is 220. The summed E-state index contributed by atoms with van der Waals surface area (Å²) in [6.07, 6.45) is 4.04. The van der Waals surface area contributed by atoms with Crippen molar-refractivity contribution in [2.45, 2.75) is 52.1 Å². The minimum atomic E-state index is -0.367. The largest absolute Gasteiger partial charge is 0.460 e. The molecule has 0 bridgehead atoms. The molecule has 1 saturated carbocycles. The molecule has 0 saturated heterocycles. The molecule has 2 atom stereocenters. The molecule has 0 amide bonds. The molecule has 1 rings (SSSR count). The molecule has 88 valence electrons. The van der Waals surface area contributed by atoms with E-state index >= 15 is 0 Å². The van der Waals surface area contributed by atoms with Crippen molar-refractivity contribution in [3.05, 3.63) is 0 Å². The van der Waals surface area contributed by atoms with Gasteiger partial charge in [0.25, 0.3) is 0 Å². The third-order valence-corrected chi connectivity index (χ3v) is 2.97. The molecule has 1 fully saturated rings. The first kappa shape index (κ1) is 12.5. The number of nitrogens with two attached hydrogens (primary N) is 1. The third-order valence-electron chi connectivity index (χ3n) is 2.97. The number of hydrogen-bond acceptors (Lipinski definition) is 3. The maximum Gasteiger partial charge on any atom is 0.306 e. The first-order valence-corrected chi connectivity index (χ1v) is 5.84. The standard InChI is InChI=1S/C12H23NO2/c1-12(2,3)15-11(14)7-9-5-4-6-10(9)8-13/h9-10H,4-8,13H2,1-3H3. The summed E-state index contributed by atoms with van der Waals surface area (Å²) in [4.78, 5) is 11.6. The van der Waals surface area contributed by atoms with Crippen LogP contribution in [0.2, 0.25) is 0 Å². The Morgan fingerprint density at radius 1 is 1.33 bits per heavy atom. The number of carbonyl (C=O) groups excluding carboxylic acids is 1. The summed E-state index contributed by atoms with van der Waals surface area (Å²) < 4.78 is 5.31. The van der Waals surface area contributed by atoms with Gasteiger partial charge in [-0.15, -0.1) is 0 Å². The number of carbonyl (C=O) groups is 1. The van der Waals surface area contributed by atoms with E-state index in [0.29, 0.717) is 24.8 Å². The molecule has 2 N–H and O–H groups in total. The first-order valence-electron chi connectivity index (χ1n) is 5.84. The minimum Gasteiger partial charge on any atom is -0.460 e. The Morgan fingerprint density at radius 2 is 1.93 bits per heavy atom. The molecule has 1 aliphatic rings. The average molecular weight is 213 g/mol. The Morgan fingerprint density at radius 3 is 2.47 bits per heavy atom. The van der Waals surface area contributed by atoms with Gasteiger partial charge in [0.2, 0.25) is 0 Å². The van der Waals surface area contributed by atoms with Crippen molar-refractivity contribution in [1.29, 1.82) is 0 Å². The van der Waals surface area contributed by atoms with Gasteiger partial charge in [-0.3, -0.25) is 4.79 Å². The molecular formula is C12H23NO2. The van der Waals surface area contributed by atoms with Gasteiger partial charge in [-0.1, -0.05) is 6.42 Å². The van der Waals surface area contributed by atoms with Crippen LogP contribution < -0.4 is 5.73 Å². The zero-order valence-corrected chi connectivity index (χ0v) is 10.1. The van der Waals surface area contributed by atoms with Crippen LogP contribution in [0.15, 0.2) is 0 Å². The highest BCUT2D eigenvalue weighted by Crippen LogP contribution is 2.33. The van der Waals surface area contributed by atoms with Gasteiger partial charge in [-0.25, -0.2) is 0 Å². The fourth-order valence-corrected chi connectivity index (χ4v) is 2.29. The van der Waals surface area contributed by atoms with Gasteiger partial charge < -0.3 is 10.5 Å². The van der Waals surface area contributed by atoms with Crippen LogP contribution in [0.5, 0.6) is 0 Å². The summed E-state index contributed by atoms with van der Waals surface area (Å²) in [6, 6.07) is 0. The van der Waals surface area contributed by atoms with Crippen molar-refractivity contribution in [2.24, 2.45) is 17.6 Å².